The Morgan fingerprint density at radius 1 is 1.38 bits per heavy atom. The molecule has 0 bridgehead atoms. The first-order valence-corrected chi connectivity index (χ1v) is 5.14. The van der Waals surface area contributed by atoms with E-state index in [1.54, 1.807) is 4.68 Å². The van der Waals surface area contributed by atoms with Crippen molar-refractivity contribution in [1.29, 1.82) is 0 Å². The lowest BCUT2D eigenvalue weighted by atomic mass is 10.4. The maximum absolute atomic E-state index is 5.44. The van der Waals surface area contributed by atoms with E-state index in [9.17, 15) is 0 Å². The number of aryl methyl sites for hydroxylation is 3. The highest BCUT2D eigenvalue weighted by atomic mass is 16.4. The van der Waals surface area contributed by atoms with Gasteiger partial charge in [0.1, 0.15) is 5.76 Å². The van der Waals surface area contributed by atoms with Crippen LogP contribution in [-0.4, -0.2) is 20.0 Å². The Morgan fingerprint density at radius 3 is 2.75 bits per heavy atom. The smallest absolute Gasteiger partial charge is 0.208 e. The van der Waals surface area contributed by atoms with Crippen molar-refractivity contribution in [2.24, 2.45) is 7.05 Å². The van der Waals surface area contributed by atoms with Crippen molar-refractivity contribution in [3.05, 3.63) is 29.2 Å². The maximum atomic E-state index is 5.44. The summed E-state index contributed by atoms with van der Waals surface area (Å²) in [6.45, 7) is 5.11. The molecular weight excluding hydrogens is 206 g/mol. The molecule has 6 heteroatoms. The fourth-order valence-electron chi connectivity index (χ4n) is 1.39. The van der Waals surface area contributed by atoms with Gasteiger partial charge >= 0.3 is 0 Å². The van der Waals surface area contributed by atoms with Gasteiger partial charge in [-0.15, -0.1) is 5.10 Å². The molecule has 6 nitrogen and oxygen atoms in total. The van der Waals surface area contributed by atoms with Gasteiger partial charge in [0.05, 0.1) is 17.9 Å². The molecule has 0 amide bonds. The van der Waals surface area contributed by atoms with E-state index in [4.69, 9.17) is 4.42 Å². The van der Waals surface area contributed by atoms with Crippen LogP contribution in [0.15, 0.2) is 10.6 Å². The SMILES string of the molecule is Cc1nc(CNCc2cn(C)nn2)oc1C. The summed E-state index contributed by atoms with van der Waals surface area (Å²) in [7, 11) is 1.84. The van der Waals surface area contributed by atoms with Crippen molar-refractivity contribution in [3.8, 4) is 0 Å². The lowest BCUT2D eigenvalue weighted by molar-refractivity contribution is 0.448. The van der Waals surface area contributed by atoms with Gasteiger partial charge in [0.2, 0.25) is 5.89 Å². The number of hydrogen-bond acceptors (Lipinski definition) is 5. The highest BCUT2D eigenvalue weighted by Gasteiger charge is 2.05. The zero-order valence-electron chi connectivity index (χ0n) is 9.69. The molecule has 1 N–H and O–H groups in total. The second kappa shape index (κ2) is 4.44. The van der Waals surface area contributed by atoms with E-state index in [1.807, 2.05) is 27.1 Å². The Labute approximate surface area is 93.7 Å². The summed E-state index contributed by atoms with van der Waals surface area (Å²) < 4.78 is 7.12. The topological polar surface area (TPSA) is 68.8 Å². The van der Waals surface area contributed by atoms with E-state index in [1.165, 1.54) is 0 Å². The molecule has 0 saturated heterocycles. The van der Waals surface area contributed by atoms with Gasteiger partial charge in [-0.2, -0.15) is 0 Å². The van der Waals surface area contributed by atoms with Gasteiger partial charge in [0.25, 0.3) is 0 Å². The van der Waals surface area contributed by atoms with E-state index in [-0.39, 0.29) is 0 Å². The number of nitrogens with one attached hydrogen (secondary N) is 1. The van der Waals surface area contributed by atoms with E-state index < -0.39 is 0 Å². The quantitative estimate of drug-likeness (QED) is 0.823. The van der Waals surface area contributed by atoms with Crippen LogP contribution in [0.5, 0.6) is 0 Å². The molecule has 2 aromatic rings. The molecule has 0 aliphatic heterocycles. The lowest BCUT2D eigenvalue weighted by Crippen LogP contribution is -2.13. The Kier molecular flexibility index (Phi) is 3.00. The van der Waals surface area contributed by atoms with Crippen molar-refractivity contribution in [2.75, 3.05) is 0 Å². The molecule has 0 atom stereocenters. The first kappa shape index (κ1) is 10.8. The predicted molar refractivity (Wildman–Crippen MR) is 57.5 cm³/mol. The predicted octanol–water partition coefficient (Wildman–Crippen LogP) is 0.710. The molecule has 2 rings (SSSR count). The first-order valence-electron chi connectivity index (χ1n) is 5.14. The fraction of sp³-hybridized carbons (Fsp3) is 0.500. The number of aromatic nitrogens is 4. The molecule has 0 aliphatic rings. The summed E-state index contributed by atoms with van der Waals surface area (Å²) >= 11 is 0. The van der Waals surface area contributed by atoms with Gasteiger partial charge in [0, 0.05) is 19.8 Å². The average Bonchev–Trinajstić information content (AvgIpc) is 2.75. The number of oxazole rings is 1. The molecule has 0 unspecified atom stereocenters. The van der Waals surface area contributed by atoms with Gasteiger partial charge in [0.15, 0.2) is 0 Å². The van der Waals surface area contributed by atoms with Crippen LogP contribution in [0.1, 0.15) is 23.0 Å². The average molecular weight is 221 g/mol. The summed E-state index contributed by atoms with van der Waals surface area (Å²) in [5, 5.41) is 11.0. The Bertz CT molecular complexity index is 454. The van der Waals surface area contributed by atoms with E-state index in [2.05, 4.69) is 20.6 Å². The zero-order valence-corrected chi connectivity index (χ0v) is 9.69. The van der Waals surface area contributed by atoms with Crippen LogP contribution in [0.25, 0.3) is 0 Å². The minimum Gasteiger partial charge on any atom is -0.444 e. The van der Waals surface area contributed by atoms with Gasteiger partial charge in [-0.3, -0.25) is 4.68 Å². The van der Waals surface area contributed by atoms with Gasteiger partial charge in [-0.05, 0) is 13.8 Å². The van der Waals surface area contributed by atoms with Crippen LogP contribution in [0.3, 0.4) is 0 Å². The second-order valence-electron chi connectivity index (χ2n) is 3.74. The molecule has 86 valence electrons. The fourth-order valence-corrected chi connectivity index (χ4v) is 1.39. The Balaban J connectivity index is 1.84. The van der Waals surface area contributed by atoms with Crippen molar-refractivity contribution < 1.29 is 4.42 Å². The largest absolute Gasteiger partial charge is 0.444 e. The molecule has 0 fully saturated rings. The van der Waals surface area contributed by atoms with Crippen molar-refractivity contribution in [1.82, 2.24) is 25.3 Å². The third kappa shape index (κ3) is 2.46. The van der Waals surface area contributed by atoms with E-state index >= 15 is 0 Å². The number of rotatable bonds is 4. The molecule has 0 saturated carbocycles. The van der Waals surface area contributed by atoms with Crippen LogP contribution in [0.2, 0.25) is 0 Å². The van der Waals surface area contributed by atoms with Crippen molar-refractivity contribution in [2.45, 2.75) is 26.9 Å². The molecule has 2 heterocycles. The van der Waals surface area contributed by atoms with Crippen LogP contribution in [0.4, 0.5) is 0 Å². The highest BCUT2D eigenvalue weighted by molar-refractivity contribution is 5.05. The number of nitrogens with zero attached hydrogens (tertiary/aromatic N) is 4. The van der Waals surface area contributed by atoms with Gasteiger partial charge in [-0.25, -0.2) is 4.98 Å². The summed E-state index contributed by atoms with van der Waals surface area (Å²) in [6.07, 6.45) is 1.87. The zero-order chi connectivity index (χ0) is 11.5. The molecule has 2 aromatic heterocycles. The van der Waals surface area contributed by atoms with Gasteiger partial charge < -0.3 is 9.73 Å². The van der Waals surface area contributed by atoms with Crippen LogP contribution < -0.4 is 5.32 Å². The molecular formula is C10H15N5O. The monoisotopic (exact) mass is 221 g/mol. The molecule has 0 spiro atoms. The minimum atomic E-state index is 0.602. The molecule has 0 radical (unpaired) electrons. The molecule has 0 aliphatic carbocycles. The molecule has 16 heavy (non-hydrogen) atoms. The van der Waals surface area contributed by atoms with Crippen LogP contribution >= 0.6 is 0 Å². The maximum Gasteiger partial charge on any atom is 0.208 e. The lowest BCUT2D eigenvalue weighted by Gasteiger charge is -1.97. The van der Waals surface area contributed by atoms with E-state index in [0.717, 1.165) is 17.1 Å². The third-order valence-corrected chi connectivity index (χ3v) is 2.31. The Hall–Kier alpha value is -1.69. The molecule has 0 aromatic carbocycles. The summed E-state index contributed by atoms with van der Waals surface area (Å²) in [5.41, 5.74) is 1.85. The van der Waals surface area contributed by atoms with E-state index in [0.29, 0.717) is 19.0 Å². The van der Waals surface area contributed by atoms with Crippen molar-refractivity contribution in [3.63, 3.8) is 0 Å². The summed E-state index contributed by atoms with van der Waals surface area (Å²) in [4.78, 5) is 4.28. The summed E-state index contributed by atoms with van der Waals surface area (Å²) in [5.74, 6) is 1.58. The van der Waals surface area contributed by atoms with Crippen LogP contribution in [-0.2, 0) is 20.1 Å². The summed E-state index contributed by atoms with van der Waals surface area (Å²) in [6, 6.07) is 0. The normalized spacial score (nSPS) is 10.9. The first-order chi connectivity index (χ1) is 7.65. The highest BCUT2D eigenvalue weighted by Crippen LogP contribution is 2.07. The van der Waals surface area contributed by atoms with Crippen molar-refractivity contribution >= 4 is 0 Å². The van der Waals surface area contributed by atoms with Gasteiger partial charge in [-0.1, -0.05) is 5.21 Å². The van der Waals surface area contributed by atoms with Crippen LogP contribution in [0, 0.1) is 13.8 Å². The second-order valence-corrected chi connectivity index (χ2v) is 3.74. The minimum absolute atomic E-state index is 0.602. The third-order valence-electron chi connectivity index (χ3n) is 2.31. The standard InChI is InChI=1S/C10H15N5O/c1-7-8(2)16-10(12-7)5-11-4-9-6-15(3)14-13-9/h6,11H,4-5H2,1-3H3. The number of hydrogen-bond donors (Lipinski definition) is 1. The Morgan fingerprint density at radius 2 is 2.19 bits per heavy atom.